The van der Waals surface area contributed by atoms with E-state index in [0.717, 1.165) is 17.1 Å². The van der Waals surface area contributed by atoms with Crippen LogP contribution in [0.1, 0.15) is 46.0 Å². The van der Waals surface area contributed by atoms with Gasteiger partial charge in [0.1, 0.15) is 0 Å². The SMILES string of the molecule is CCOc1ccc(C(=O)OCC(=O)c2cc(C)n(-c3ccc4c(c3)OCO4)c2C)cc1OCC. The van der Waals surface area contributed by atoms with Crippen LogP contribution in [-0.4, -0.2) is 42.9 Å². The monoisotopic (exact) mass is 465 g/mol. The second-order valence-corrected chi connectivity index (χ2v) is 7.68. The third-order valence-electron chi connectivity index (χ3n) is 5.46. The van der Waals surface area contributed by atoms with E-state index in [9.17, 15) is 9.59 Å². The Morgan fingerprint density at radius 1 is 0.912 bits per heavy atom. The van der Waals surface area contributed by atoms with Gasteiger partial charge < -0.3 is 28.3 Å². The molecule has 0 saturated carbocycles. The Kier molecular flexibility index (Phi) is 6.77. The smallest absolute Gasteiger partial charge is 0.338 e. The molecule has 0 atom stereocenters. The summed E-state index contributed by atoms with van der Waals surface area (Å²) in [5.41, 5.74) is 3.25. The molecule has 0 N–H and O–H groups in total. The van der Waals surface area contributed by atoms with Gasteiger partial charge in [0.05, 0.1) is 18.8 Å². The molecule has 8 nitrogen and oxygen atoms in total. The number of rotatable bonds is 9. The normalized spacial score (nSPS) is 11.9. The Labute approximate surface area is 197 Å². The number of carbonyl (C=O) groups excluding carboxylic acids is 2. The van der Waals surface area contributed by atoms with Gasteiger partial charge in [0.2, 0.25) is 12.6 Å². The van der Waals surface area contributed by atoms with Crippen molar-refractivity contribution in [2.24, 2.45) is 0 Å². The predicted octanol–water partition coefficient (Wildman–Crippen LogP) is 4.66. The topological polar surface area (TPSA) is 85.2 Å². The van der Waals surface area contributed by atoms with E-state index in [1.807, 2.05) is 50.5 Å². The maximum atomic E-state index is 12.9. The van der Waals surface area contributed by atoms with Crippen LogP contribution in [0, 0.1) is 13.8 Å². The summed E-state index contributed by atoms with van der Waals surface area (Å²) in [5, 5.41) is 0. The van der Waals surface area contributed by atoms with Crippen LogP contribution in [0.25, 0.3) is 5.69 Å². The van der Waals surface area contributed by atoms with Crippen molar-refractivity contribution in [1.82, 2.24) is 4.57 Å². The van der Waals surface area contributed by atoms with Crippen molar-refractivity contribution < 1.29 is 33.3 Å². The first-order valence-corrected chi connectivity index (χ1v) is 11.1. The van der Waals surface area contributed by atoms with E-state index in [2.05, 4.69) is 0 Å². The van der Waals surface area contributed by atoms with Gasteiger partial charge in [-0.1, -0.05) is 0 Å². The zero-order valence-corrected chi connectivity index (χ0v) is 19.7. The molecular formula is C26H27NO7. The molecule has 0 saturated heterocycles. The van der Waals surface area contributed by atoms with Crippen LogP contribution in [0.5, 0.6) is 23.0 Å². The molecule has 3 aromatic rings. The van der Waals surface area contributed by atoms with Crippen molar-refractivity contribution in [3.63, 3.8) is 0 Å². The van der Waals surface area contributed by atoms with Crippen LogP contribution in [0.15, 0.2) is 42.5 Å². The maximum absolute atomic E-state index is 12.9. The van der Waals surface area contributed by atoms with Crippen LogP contribution in [0.3, 0.4) is 0 Å². The van der Waals surface area contributed by atoms with Gasteiger partial charge in [-0.2, -0.15) is 0 Å². The summed E-state index contributed by atoms with van der Waals surface area (Å²) in [6, 6.07) is 12.2. The zero-order chi connectivity index (χ0) is 24.2. The molecule has 0 spiro atoms. The highest BCUT2D eigenvalue weighted by molar-refractivity contribution is 6.00. The van der Waals surface area contributed by atoms with Gasteiger partial charge in [0.25, 0.3) is 0 Å². The molecule has 1 aromatic heterocycles. The highest BCUT2D eigenvalue weighted by Gasteiger charge is 2.21. The number of carbonyl (C=O) groups is 2. The maximum Gasteiger partial charge on any atom is 0.338 e. The van der Waals surface area contributed by atoms with Gasteiger partial charge in [-0.3, -0.25) is 4.79 Å². The molecule has 1 aliphatic rings. The largest absolute Gasteiger partial charge is 0.490 e. The number of benzene rings is 2. The summed E-state index contributed by atoms with van der Waals surface area (Å²) in [4.78, 5) is 25.5. The van der Waals surface area contributed by atoms with Crippen LogP contribution in [0.2, 0.25) is 0 Å². The van der Waals surface area contributed by atoms with Crippen molar-refractivity contribution in [2.45, 2.75) is 27.7 Å². The van der Waals surface area contributed by atoms with Crippen LogP contribution < -0.4 is 18.9 Å². The van der Waals surface area contributed by atoms with Gasteiger partial charge in [0, 0.05) is 28.7 Å². The minimum atomic E-state index is -0.609. The van der Waals surface area contributed by atoms with E-state index in [1.165, 1.54) is 0 Å². The first-order chi connectivity index (χ1) is 16.4. The average molecular weight is 466 g/mol. The minimum absolute atomic E-state index is 0.192. The molecule has 0 fully saturated rings. The molecule has 34 heavy (non-hydrogen) atoms. The minimum Gasteiger partial charge on any atom is -0.490 e. The summed E-state index contributed by atoms with van der Waals surface area (Å²) < 4.78 is 29.2. The molecule has 178 valence electrons. The van der Waals surface area contributed by atoms with E-state index in [-0.39, 0.29) is 24.7 Å². The van der Waals surface area contributed by atoms with Crippen molar-refractivity contribution in [3.05, 3.63) is 65.0 Å². The van der Waals surface area contributed by atoms with Crippen molar-refractivity contribution in [1.29, 1.82) is 0 Å². The molecule has 8 heteroatoms. The highest BCUT2D eigenvalue weighted by atomic mass is 16.7. The Hall–Kier alpha value is -3.94. The van der Waals surface area contributed by atoms with Crippen LogP contribution in [-0.2, 0) is 4.74 Å². The van der Waals surface area contributed by atoms with E-state index in [0.29, 0.717) is 41.8 Å². The number of ether oxygens (including phenoxy) is 5. The molecule has 0 bridgehead atoms. The fourth-order valence-electron chi connectivity index (χ4n) is 3.94. The van der Waals surface area contributed by atoms with Crippen molar-refractivity contribution in [3.8, 4) is 28.7 Å². The van der Waals surface area contributed by atoms with E-state index in [1.54, 1.807) is 24.3 Å². The number of fused-ring (bicyclic) bond motifs is 1. The van der Waals surface area contributed by atoms with Gasteiger partial charge in [-0.05, 0) is 64.1 Å². The lowest BCUT2D eigenvalue weighted by molar-refractivity contribution is 0.0474. The first kappa shape index (κ1) is 23.2. The number of aromatic nitrogens is 1. The van der Waals surface area contributed by atoms with Crippen LogP contribution in [0.4, 0.5) is 0 Å². The van der Waals surface area contributed by atoms with Crippen molar-refractivity contribution >= 4 is 11.8 Å². The van der Waals surface area contributed by atoms with Crippen molar-refractivity contribution in [2.75, 3.05) is 26.6 Å². The Morgan fingerprint density at radius 2 is 1.65 bits per heavy atom. The average Bonchev–Trinajstić information content (AvgIpc) is 3.41. The molecule has 1 aliphatic heterocycles. The third kappa shape index (κ3) is 4.57. The number of Topliss-reactive ketones (excluding diaryl/α,β-unsaturated/α-hetero) is 1. The Bertz CT molecular complexity index is 1230. The lowest BCUT2D eigenvalue weighted by Crippen LogP contribution is -2.15. The number of ketones is 1. The molecule has 2 aromatic carbocycles. The van der Waals surface area contributed by atoms with Gasteiger partial charge >= 0.3 is 5.97 Å². The number of esters is 1. The number of aryl methyl sites for hydroxylation is 1. The lowest BCUT2D eigenvalue weighted by atomic mass is 10.1. The van der Waals surface area contributed by atoms with Gasteiger partial charge in [-0.25, -0.2) is 4.79 Å². The fraction of sp³-hybridized carbons (Fsp3) is 0.308. The molecule has 0 radical (unpaired) electrons. The first-order valence-electron chi connectivity index (χ1n) is 11.1. The summed E-state index contributed by atoms with van der Waals surface area (Å²) in [7, 11) is 0. The number of nitrogens with zero attached hydrogens (tertiary/aromatic N) is 1. The van der Waals surface area contributed by atoms with E-state index < -0.39 is 5.97 Å². The lowest BCUT2D eigenvalue weighted by Gasteiger charge is -2.12. The Morgan fingerprint density at radius 3 is 2.41 bits per heavy atom. The second-order valence-electron chi connectivity index (χ2n) is 7.68. The molecule has 2 heterocycles. The van der Waals surface area contributed by atoms with E-state index in [4.69, 9.17) is 23.7 Å². The number of hydrogen-bond donors (Lipinski definition) is 0. The second kappa shape index (κ2) is 9.91. The van der Waals surface area contributed by atoms with Gasteiger partial charge in [-0.15, -0.1) is 0 Å². The molecule has 4 rings (SSSR count). The summed E-state index contributed by atoms with van der Waals surface area (Å²) >= 11 is 0. The number of hydrogen-bond acceptors (Lipinski definition) is 7. The van der Waals surface area contributed by atoms with Gasteiger partial charge in [0.15, 0.2) is 29.6 Å². The molecule has 0 unspecified atom stereocenters. The zero-order valence-electron chi connectivity index (χ0n) is 19.7. The Balaban J connectivity index is 1.48. The third-order valence-corrected chi connectivity index (χ3v) is 5.46. The molecular weight excluding hydrogens is 438 g/mol. The standard InChI is InChI=1S/C26H27NO7/c1-5-30-22-9-7-18(12-24(22)31-6-2)26(29)32-14-21(28)20-11-16(3)27(17(20)4)19-8-10-23-25(13-19)34-15-33-23/h7-13H,5-6,14-15H2,1-4H3. The molecule has 0 aliphatic carbocycles. The summed E-state index contributed by atoms with van der Waals surface area (Å²) in [6.07, 6.45) is 0. The highest BCUT2D eigenvalue weighted by Crippen LogP contribution is 2.35. The fourth-order valence-corrected chi connectivity index (χ4v) is 3.94. The quantitative estimate of drug-likeness (QED) is 0.336. The predicted molar refractivity (Wildman–Crippen MR) is 125 cm³/mol. The molecule has 0 amide bonds. The van der Waals surface area contributed by atoms with E-state index >= 15 is 0 Å². The van der Waals surface area contributed by atoms with Crippen LogP contribution >= 0.6 is 0 Å². The summed E-state index contributed by atoms with van der Waals surface area (Å²) in [6.45, 7) is 8.20. The summed E-state index contributed by atoms with van der Waals surface area (Å²) in [5.74, 6) is 1.46.